The molecule has 5 heteroatoms. The lowest BCUT2D eigenvalue weighted by Gasteiger charge is -2.11. The van der Waals surface area contributed by atoms with Gasteiger partial charge in [-0.25, -0.2) is 5.43 Å². The molecule has 3 N–H and O–H groups in total. The molecule has 0 spiro atoms. The van der Waals surface area contributed by atoms with Gasteiger partial charge in [0, 0.05) is 18.4 Å². The molecule has 2 unspecified atom stereocenters. The van der Waals surface area contributed by atoms with E-state index < -0.39 is 0 Å². The van der Waals surface area contributed by atoms with Gasteiger partial charge in [0.2, 0.25) is 0 Å². The van der Waals surface area contributed by atoms with Crippen molar-refractivity contribution in [2.75, 3.05) is 0 Å². The normalized spacial score (nSPS) is 25.1. The maximum absolute atomic E-state index is 11.7. The zero-order valence-electron chi connectivity index (χ0n) is 8.53. The molecular formula is C10H14N4O. The molecule has 80 valence electrons. The summed E-state index contributed by atoms with van der Waals surface area (Å²) in [5.74, 6) is -0.100. The van der Waals surface area contributed by atoms with Crippen LogP contribution in [0.2, 0.25) is 0 Å². The van der Waals surface area contributed by atoms with Crippen LogP contribution in [0.1, 0.15) is 23.7 Å². The first-order valence-corrected chi connectivity index (χ1v) is 4.97. The molecular weight excluding hydrogens is 192 g/mol. The Labute approximate surface area is 88.3 Å². The second-order valence-electron chi connectivity index (χ2n) is 3.69. The van der Waals surface area contributed by atoms with Crippen molar-refractivity contribution in [1.82, 2.24) is 21.2 Å². The molecule has 0 radical (unpaired) electrons. The third kappa shape index (κ3) is 2.51. The minimum atomic E-state index is -0.100. The third-order valence-corrected chi connectivity index (χ3v) is 2.32. The van der Waals surface area contributed by atoms with Crippen LogP contribution < -0.4 is 16.2 Å². The summed E-state index contributed by atoms with van der Waals surface area (Å²) in [5.41, 5.74) is 6.63. The van der Waals surface area contributed by atoms with Gasteiger partial charge in [-0.2, -0.15) is 0 Å². The van der Waals surface area contributed by atoms with Gasteiger partial charge in [-0.1, -0.05) is 0 Å². The fourth-order valence-corrected chi connectivity index (χ4v) is 1.55. The van der Waals surface area contributed by atoms with Gasteiger partial charge < -0.3 is 5.32 Å². The first-order chi connectivity index (χ1) is 7.25. The fourth-order valence-electron chi connectivity index (χ4n) is 1.55. The number of pyridine rings is 1. The Kier molecular flexibility index (Phi) is 2.94. The number of rotatable bonds is 2. The number of carbonyl (C=O) groups excluding carboxylic acids is 1. The van der Waals surface area contributed by atoms with Crippen molar-refractivity contribution in [3.8, 4) is 0 Å². The molecule has 0 saturated carbocycles. The second kappa shape index (κ2) is 4.37. The molecule has 1 fully saturated rings. The number of carbonyl (C=O) groups is 1. The predicted octanol–water partition coefficient (Wildman–Crippen LogP) is 0.0239. The molecule has 2 rings (SSSR count). The van der Waals surface area contributed by atoms with Crippen LogP contribution >= 0.6 is 0 Å². The average Bonchev–Trinajstić information content (AvgIpc) is 2.65. The lowest BCUT2D eigenvalue weighted by Crippen LogP contribution is -2.44. The topological polar surface area (TPSA) is 66.0 Å². The molecule has 0 aromatic carbocycles. The SMILES string of the molecule is CC1CC(NC(=O)c2cccnc2)NN1. The van der Waals surface area contributed by atoms with Crippen LogP contribution in [0.15, 0.2) is 24.5 Å². The number of hydrogen-bond acceptors (Lipinski definition) is 4. The van der Waals surface area contributed by atoms with Crippen LogP contribution in [0.5, 0.6) is 0 Å². The molecule has 5 nitrogen and oxygen atoms in total. The molecule has 1 aliphatic rings. The highest BCUT2D eigenvalue weighted by Crippen LogP contribution is 2.03. The molecule has 1 aromatic rings. The van der Waals surface area contributed by atoms with E-state index in [1.807, 2.05) is 0 Å². The van der Waals surface area contributed by atoms with E-state index >= 15 is 0 Å². The summed E-state index contributed by atoms with van der Waals surface area (Å²) in [7, 11) is 0. The van der Waals surface area contributed by atoms with Crippen molar-refractivity contribution in [3.63, 3.8) is 0 Å². The van der Waals surface area contributed by atoms with Gasteiger partial charge in [0.15, 0.2) is 0 Å². The highest BCUT2D eigenvalue weighted by molar-refractivity contribution is 5.93. The van der Waals surface area contributed by atoms with E-state index in [1.165, 1.54) is 0 Å². The van der Waals surface area contributed by atoms with Crippen LogP contribution in [-0.4, -0.2) is 23.1 Å². The highest BCUT2D eigenvalue weighted by atomic mass is 16.1. The molecule has 2 heterocycles. The van der Waals surface area contributed by atoms with Gasteiger partial charge in [0.1, 0.15) is 0 Å². The molecule has 1 saturated heterocycles. The summed E-state index contributed by atoms with van der Waals surface area (Å²) < 4.78 is 0. The highest BCUT2D eigenvalue weighted by Gasteiger charge is 2.21. The third-order valence-electron chi connectivity index (χ3n) is 2.32. The molecule has 1 aliphatic heterocycles. The van der Waals surface area contributed by atoms with E-state index in [-0.39, 0.29) is 12.1 Å². The van der Waals surface area contributed by atoms with Gasteiger partial charge in [0.05, 0.1) is 11.7 Å². The number of hydrogen-bond donors (Lipinski definition) is 3. The smallest absolute Gasteiger partial charge is 0.254 e. The Morgan fingerprint density at radius 2 is 2.47 bits per heavy atom. The van der Waals surface area contributed by atoms with Gasteiger partial charge in [0.25, 0.3) is 5.91 Å². The minimum absolute atomic E-state index is 0.00675. The van der Waals surface area contributed by atoms with Crippen molar-refractivity contribution in [1.29, 1.82) is 0 Å². The Balaban J connectivity index is 1.93. The van der Waals surface area contributed by atoms with Crippen molar-refractivity contribution < 1.29 is 4.79 Å². The van der Waals surface area contributed by atoms with E-state index in [4.69, 9.17) is 0 Å². The van der Waals surface area contributed by atoms with E-state index in [0.29, 0.717) is 11.6 Å². The Morgan fingerprint density at radius 3 is 3.07 bits per heavy atom. The van der Waals surface area contributed by atoms with Crippen LogP contribution in [0.4, 0.5) is 0 Å². The van der Waals surface area contributed by atoms with Crippen LogP contribution in [-0.2, 0) is 0 Å². The minimum Gasteiger partial charge on any atom is -0.335 e. The summed E-state index contributed by atoms with van der Waals surface area (Å²) in [6.07, 6.45) is 4.08. The van der Waals surface area contributed by atoms with Crippen molar-refractivity contribution in [2.24, 2.45) is 0 Å². The maximum atomic E-state index is 11.7. The van der Waals surface area contributed by atoms with Gasteiger partial charge >= 0.3 is 0 Å². The summed E-state index contributed by atoms with van der Waals surface area (Å²) in [6, 6.07) is 3.87. The number of aromatic nitrogens is 1. The zero-order chi connectivity index (χ0) is 10.7. The average molecular weight is 206 g/mol. The number of amides is 1. The van der Waals surface area contributed by atoms with Gasteiger partial charge in [-0.15, -0.1) is 0 Å². The second-order valence-corrected chi connectivity index (χ2v) is 3.69. The van der Waals surface area contributed by atoms with Crippen LogP contribution in [0, 0.1) is 0 Å². The van der Waals surface area contributed by atoms with Crippen molar-refractivity contribution in [3.05, 3.63) is 30.1 Å². The lowest BCUT2D eigenvalue weighted by molar-refractivity contribution is 0.0932. The first-order valence-electron chi connectivity index (χ1n) is 4.97. The summed E-state index contributed by atoms with van der Waals surface area (Å²) in [5, 5.41) is 2.87. The summed E-state index contributed by atoms with van der Waals surface area (Å²) >= 11 is 0. The molecule has 1 amide bonds. The molecule has 1 aromatic heterocycles. The molecule has 0 aliphatic carbocycles. The molecule has 2 atom stereocenters. The number of hydrazine groups is 1. The Bertz CT molecular complexity index is 341. The molecule has 15 heavy (non-hydrogen) atoms. The van der Waals surface area contributed by atoms with Crippen molar-refractivity contribution >= 4 is 5.91 Å². The van der Waals surface area contributed by atoms with E-state index in [9.17, 15) is 4.79 Å². The fraction of sp³-hybridized carbons (Fsp3) is 0.400. The van der Waals surface area contributed by atoms with E-state index in [0.717, 1.165) is 6.42 Å². The van der Waals surface area contributed by atoms with Crippen molar-refractivity contribution in [2.45, 2.75) is 25.6 Å². The first kappa shape index (κ1) is 10.1. The molecule has 0 bridgehead atoms. The standard InChI is InChI=1S/C10H14N4O/c1-7-5-9(14-13-7)12-10(15)8-3-2-4-11-6-8/h2-4,6-7,9,13-14H,5H2,1H3,(H,12,15). The van der Waals surface area contributed by atoms with Gasteiger partial charge in [-0.3, -0.25) is 15.2 Å². The largest absolute Gasteiger partial charge is 0.335 e. The lowest BCUT2D eigenvalue weighted by atomic mass is 10.2. The monoisotopic (exact) mass is 206 g/mol. The summed E-state index contributed by atoms with van der Waals surface area (Å²) in [6.45, 7) is 2.06. The van der Waals surface area contributed by atoms with Crippen LogP contribution in [0.25, 0.3) is 0 Å². The summed E-state index contributed by atoms with van der Waals surface area (Å²) in [4.78, 5) is 15.6. The predicted molar refractivity (Wildman–Crippen MR) is 55.8 cm³/mol. The Morgan fingerprint density at radius 1 is 1.60 bits per heavy atom. The number of nitrogens with one attached hydrogen (secondary N) is 3. The number of nitrogens with zero attached hydrogens (tertiary/aromatic N) is 1. The van der Waals surface area contributed by atoms with E-state index in [1.54, 1.807) is 24.5 Å². The van der Waals surface area contributed by atoms with E-state index in [2.05, 4.69) is 28.1 Å². The van der Waals surface area contributed by atoms with Gasteiger partial charge in [-0.05, 0) is 25.5 Å². The zero-order valence-corrected chi connectivity index (χ0v) is 8.53. The Hall–Kier alpha value is -1.46. The quantitative estimate of drug-likeness (QED) is 0.638. The maximum Gasteiger partial charge on any atom is 0.254 e. The van der Waals surface area contributed by atoms with Crippen LogP contribution in [0.3, 0.4) is 0 Å².